The SMILES string of the molecule is CNCCN(C)C(=O)Cc1csc(NC(=O)c2ccoc2C)n1. The van der Waals surface area contributed by atoms with E-state index in [9.17, 15) is 9.59 Å². The van der Waals surface area contributed by atoms with Gasteiger partial charge in [-0.1, -0.05) is 0 Å². The number of furan rings is 1. The molecule has 0 spiro atoms. The molecule has 0 aliphatic carbocycles. The van der Waals surface area contributed by atoms with E-state index in [4.69, 9.17) is 4.42 Å². The van der Waals surface area contributed by atoms with Gasteiger partial charge in [-0.05, 0) is 20.0 Å². The van der Waals surface area contributed by atoms with Crippen molar-refractivity contribution in [2.24, 2.45) is 0 Å². The average Bonchev–Trinajstić information content (AvgIpc) is 3.13. The fraction of sp³-hybridized carbons (Fsp3) is 0.400. The predicted octanol–water partition coefficient (Wildman–Crippen LogP) is 1.52. The predicted molar refractivity (Wildman–Crippen MR) is 88.8 cm³/mol. The second-order valence-electron chi connectivity index (χ2n) is 5.08. The molecule has 2 amide bonds. The summed E-state index contributed by atoms with van der Waals surface area (Å²) in [6.45, 7) is 3.11. The Kier molecular flexibility index (Phi) is 5.89. The fourth-order valence-electron chi connectivity index (χ4n) is 1.92. The smallest absolute Gasteiger partial charge is 0.260 e. The van der Waals surface area contributed by atoms with Crippen molar-refractivity contribution in [1.82, 2.24) is 15.2 Å². The third-order valence-electron chi connectivity index (χ3n) is 3.33. The van der Waals surface area contributed by atoms with E-state index >= 15 is 0 Å². The number of amides is 2. The van der Waals surface area contributed by atoms with E-state index in [0.29, 0.717) is 28.7 Å². The van der Waals surface area contributed by atoms with Crippen LogP contribution in [-0.2, 0) is 11.2 Å². The average molecular weight is 336 g/mol. The Balaban J connectivity index is 1.92. The monoisotopic (exact) mass is 336 g/mol. The first-order chi connectivity index (χ1) is 11.0. The second-order valence-corrected chi connectivity index (χ2v) is 5.94. The highest BCUT2D eigenvalue weighted by Gasteiger charge is 2.15. The highest BCUT2D eigenvalue weighted by atomic mass is 32.1. The summed E-state index contributed by atoms with van der Waals surface area (Å²) in [6.07, 6.45) is 1.69. The number of thiazole rings is 1. The number of hydrogen-bond acceptors (Lipinski definition) is 6. The van der Waals surface area contributed by atoms with Gasteiger partial charge in [0.25, 0.3) is 5.91 Å². The Labute approximate surface area is 138 Å². The molecule has 2 aromatic rings. The molecule has 0 radical (unpaired) electrons. The number of nitrogens with zero attached hydrogens (tertiary/aromatic N) is 2. The summed E-state index contributed by atoms with van der Waals surface area (Å²) >= 11 is 1.30. The maximum Gasteiger partial charge on any atom is 0.260 e. The second kappa shape index (κ2) is 7.89. The fourth-order valence-corrected chi connectivity index (χ4v) is 2.63. The Bertz CT molecular complexity index is 680. The van der Waals surface area contributed by atoms with Gasteiger partial charge in [0.15, 0.2) is 5.13 Å². The van der Waals surface area contributed by atoms with Gasteiger partial charge in [0.05, 0.1) is 23.9 Å². The van der Waals surface area contributed by atoms with Gasteiger partial charge in [0.2, 0.25) is 5.91 Å². The zero-order valence-electron chi connectivity index (χ0n) is 13.4. The summed E-state index contributed by atoms with van der Waals surface area (Å²) in [7, 11) is 3.60. The molecule has 8 heteroatoms. The van der Waals surface area contributed by atoms with Crippen LogP contribution in [0.3, 0.4) is 0 Å². The molecule has 23 heavy (non-hydrogen) atoms. The van der Waals surface area contributed by atoms with Crippen LogP contribution >= 0.6 is 11.3 Å². The van der Waals surface area contributed by atoms with Crippen LogP contribution in [0.1, 0.15) is 21.8 Å². The highest BCUT2D eigenvalue weighted by molar-refractivity contribution is 7.14. The number of anilines is 1. The van der Waals surface area contributed by atoms with E-state index in [1.54, 1.807) is 30.3 Å². The Morgan fingerprint density at radius 2 is 2.22 bits per heavy atom. The summed E-state index contributed by atoms with van der Waals surface area (Å²) in [5, 5.41) is 7.96. The molecule has 0 aliphatic rings. The summed E-state index contributed by atoms with van der Waals surface area (Å²) < 4.78 is 5.11. The number of likely N-dealkylation sites (N-methyl/N-ethyl adjacent to an activating group) is 2. The molecule has 124 valence electrons. The number of carbonyl (C=O) groups excluding carboxylic acids is 2. The standard InChI is InChI=1S/C15H20N4O3S/c1-10-12(4-7-22-10)14(21)18-15-17-11(9-23-15)8-13(20)19(3)6-5-16-2/h4,7,9,16H,5-6,8H2,1-3H3,(H,17,18,21). The number of carbonyl (C=O) groups is 2. The molecule has 2 rings (SSSR count). The first-order valence-corrected chi connectivity index (χ1v) is 8.07. The van der Waals surface area contributed by atoms with Crippen LogP contribution in [0.5, 0.6) is 0 Å². The van der Waals surface area contributed by atoms with Gasteiger partial charge in [0.1, 0.15) is 5.76 Å². The molecule has 2 N–H and O–H groups in total. The Morgan fingerprint density at radius 1 is 1.43 bits per heavy atom. The number of aryl methyl sites for hydroxylation is 1. The van der Waals surface area contributed by atoms with E-state index in [0.717, 1.165) is 6.54 Å². The van der Waals surface area contributed by atoms with Crippen LogP contribution in [-0.4, -0.2) is 48.9 Å². The molecule has 0 atom stereocenters. The van der Waals surface area contributed by atoms with E-state index in [-0.39, 0.29) is 18.2 Å². The Hall–Kier alpha value is -2.19. The molecular weight excluding hydrogens is 316 g/mol. The lowest BCUT2D eigenvalue weighted by Gasteiger charge is -2.15. The number of rotatable bonds is 7. The van der Waals surface area contributed by atoms with E-state index < -0.39 is 0 Å². The lowest BCUT2D eigenvalue weighted by molar-refractivity contribution is -0.129. The first-order valence-electron chi connectivity index (χ1n) is 7.19. The lowest BCUT2D eigenvalue weighted by Crippen LogP contribution is -2.33. The maximum atomic E-state index is 12.1. The van der Waals surface area contributed by atoms with Gasteiger partial charge < -0.3 is 14.6 Å². The van der Waals surface area contributed by atoms with Crippen LogP contribution in [0.25, 0.3) is 0 Å². The van der Waals surface area contributed by atoms with Gasteiger partial charge >= 0.3 is 0 Å². The molecular formula is C15H20N4O3S. The van der Waals surface area contributed by atoms with Crippen molar-refractivity contribution < 1.29 is 14.0 Å². The van der Waals surface area contributed by atoms with Crippen LogP contribution in [0.4, 0.5) is 5.13 Å². The summed E-state index contributed by atoms with van der Waals surface area (Å²) in [4.78, 5) is 30.1. The molecule has 0 fully saturated rings. The zero-order chi connectivity index (χ0) is 16.8. The van der Waals surface area contributed by atoms with Crippen LogP contribution in [0.15, 0.2) is 22.1 Å². The van der Waals surface area contributed by atoms with Crippen molar-refractivity contribution in [3.05, 3.63) is 34.7 Å². The van der Waals surface area contributed by atoms with E-state index in [2.05, 4.69) is 15.6 Å². The number of aromatic nitrogens is 1. The van der Waals surface area contributed by atoms with Gasteiger partial charge in [-0.2, -0.15) is 0 Å². The zero-order valence-corrected chi connectivity index (χ0v) is 14.2. The van der Waals surface area contributed by atoms with Crippen LogP contribution in [0, 0.1) is 6.92 Å². The molecule has 0 saturated heterocycles. The third kappa shape index (κ3) is 4.64. The van der Waals surface area contributed by atoms with Crippen LogP contribution in [0.2, 0.25) is 0 Å². The Morgan fingerprint density at radius 3 is 2.87 bits per heavy atom. The molecule has 7 nitrogen and oxygen atoms in total. The topological polar surface area (TPSA) is 87.5 Å². The quantitative estimate of drug-likeness (QED) is 0.800. The van der Waals surface area contributed by atoms with Crippen molar-refractivity contribution in [3.8, 4) is 0 Å². The van der Waals surface area contributed by atoms with Gasteiger partial charge in [0, 0.05) is 25.5 Å². The third-order valence-corrected chi connectivity index (χ3v) is 4.14. The summed E-state index contributed by atoms with van der Waals surface area (Å²) in [5.74, 6) is 0.282. The van der Waals surface area contributed by atoms with E-state index in [1.807, 2.05) is 7.05 Å². The van der Waals surface area contributed by atoms with Crippen molar-refractivity contribution >= 4 is 28.3 Å². The van der Waals surface area contributed by atoms with E-state index in [1.165, 1.54) is 17.6 Å². The van der Waals surface area contributed by atoms with Gasteiger partial charge in [-0.3, -0.25) is 14.9 Å². The molecule has 0 saturated carbocycles. The number of hydrogen-bond donors (Lipinski definition) is 2. The normalized spacial score (nSPS) is 10.6. The minimum Gasteiger partial charge on any atom is -0.469 e. The summed E-state index contributed by atoms with van der Waals surface area (Å²) in [5.41, 5.74) is 1.13. The number of nitrogens with one attached hydrogen (secondary N) is 2. The van der Waals surface area contributed by atoms with Crippen molar-refractivity contribution in [2.75, 3.05) is 32.5 Å². The molecule has 0 unspecified atom stereocenters. The van der Waals surface area contributed by atoms with Crippen molar-refractivity contribution in [3.63, 3.8) is 0 Å². The lowest BCUT2D eigenvalue weighted by atomic mass is 10.2. The highest BCUT2D eigenvalue weighted by Crippen LogP contribution is 2.18. The van der Waals surface area contributed by atoms with Gasteiger partial charge in [-0.15, -0.1) is 11.3 Å². The molecule has 0 aliphatic heterocycles. The first kappa shape index (κ1) is 17.2. The van der Waals surface area contributed by atoms with Crippen molar-refractivity contribution in [1.29, 1.82) is 0 Å². The largest absolute Gasteiger partial charge is 0.469 e. The molecule has 0 aromatic carbocycles. The summed E-state index contributed by atoms with van der Waals surface area (Å²) in [6, 6.07) is 1.61. The van der Waals surface area contributed by atoms with Crippen molar-refractivity contribution in [2.45, 2.75) is 13.3 Å². The van der Waals surface area contributed by atoms with Crippen LogP contribution < -0.4 is 10.6 Å². The van der Waals surface area contributed by atoms with Gasteiger partial charge in [-0.25, -0.2) is 4.98 Å². The molecule has 0 bridgehead atoms. The maximum absolute atomic E-state index is 12.1. The minimum absolute atomic E-state index is 0.00546. The molecule has 2 heterocycles. The molecule has 2 aromatic heterocycles. The minimum atomic E-state index is -0.269.